The van der Waals surface area contributed by atoms with Crippen LogP contribution in [0.25, 0.3) is 0 Å². The smallest absolute Gasteiger partial charge is 0.166 e. The Morgan fingerprint density at radius 2 is 1.82 bits per heavy atom. The highest BCUT2D eigenvalue weighted by molar-refractivity contribution is 8.07. The molecule has 0 aliphatic carbocycles. The van der Waals surface area contributed by atoms with E-state index in [9.17, 15) is 4.79 Å². The quantitative estimate of drug-likeness (QED) is 0.483. The minimum atomic E-state index is 0.133. The van der Waals surface area contributed by atoms with Crippen molar-refractivity contribution in [1.82, 2.24) is 0 Å². The average molecular weight is 252 g/mol. The highest BCUT2D eigenvalue weighted by Gasteiger charge is 2.13. The first kappa shape index (κ1) is 16.2. The molecule has 0 aliphatic rings. The summed E-state index contributed by atoms with van der Waals surface area (Å²) >= 11 is 1.56. The van der Waals surface area contributed by atoms with Crippen LogP contribution in [0.2, 0.25) is 0 Å². The summed E-state index contributed by atoms with van der Waals surface area (Å²) < 4.78 is 0. The summed E-state index contributed by atoms with van der Waals surface area (Å²) in [4.78, 5) is 13.6. The molecule has 0 unspecified atom stereocenters. The van der Waals surface area contributed by atoms with Gasteiger partial charge in [-0.15, -0.1) is 0 Å². The van der Waals surface area contributed by atoms with Crippen molar-refractivity contribution in [3.63, 3.8) is 0 Å². The fourth-order valence-corrected chi connectivity index (χ4v) is 2.53. The maximum absolute atomic E-state index is 11.6. The maximum Gasteiger partial charge on any atom is 0.166 e. The van der Waals surface area contributed by atoms with Crippen LogP contribution in [-0.4, -0.2) is 5.78 Å². The van der Waals surface area contributed by atoms with Crippen LogP contribution in [0.15, 0.2) is 33.6 Å². The molecule has 0 aromatic carbocycles. The van der Waals surface area contributed by atoms with Gasteiger partial charge in [-0.05, 0) is 38.7 Å². The van der Waals surface area contributed by atoms with Crippen molar-refractivity contribution < 1.29 is 4.79 Å². The van der Waals surface area contributed by atoms with E-state index in [1.807, 2.05) is 13.8 Å². The second-order valence-corrected chi connectivity index (χ2v) is 5.70. The van der Waals surface area contributed by atoms with Gasteiger partial charge in [-0.1, -0.05) is 50.8 Å². The van der Waals surface area contributed by atoms with Crippen LogP contribution in [0.3, 0.4) is 0 Å². The lowest BCUT2D eigenvalue weighted by Crippen LogP contribution is -1.99. The first-order valence-corrected chi connectivity index (χ1v) is 6.88. The molecular weight excluding hydrogens is 228 g/mol. The number of hydrogen-bond donors (Lipinski definition) is 0. The van der Waals surface area contributed by atoms with Gasteiger partial charge in [0.1, 0.15) is 0 Å². The Hall–Kier alpha value is -0.760. The third-order valence-corrected chi connectivity index (χ3v) is 3.94. The highest BCUT2D eigenvalue weighted by atomic mass is 32.2. The molecule has 0 aliphatic heterocycles. The lowest BCUT2D eigenvalue weighted by atomic mass is 10.0. The largest absolute Gasteiger partial charge is 0.294 e. The summed E-state index contributed by atoms with van der Waals surface area (Å²) in [6.07, 6.45) is 3.11. The van der Waals surface area contributed by atoms with Crippen LogP contribution in [-0.2, 0) is 4.79 Å². The fraction of sp³-hybridized carbons (Fsp3) is 0.533. The Balaban J connectivity index is 5.15. The molecular formula is C15H24OS. The predicted octanol–water partition coefficient (Wildman–Crippen LogP) is 5.11. The first-order chi connectivity index (χ1) is 7.81. The molecule has 1 nitrogen and oxygen atoms in total. The minimum Gasteiger partial charge on any atom is -0.294 e. The van der Waals surface area contributed by atoms with Crippen molar-refractivity contribution in [1.29, 1.82) is 0 Å². The van der Waals surface area contributed by atoms with Crippen LogP contribution < -0.4 is 0 Å². The molecule has 0 aromatic heterocycles. The molecule has 0 aromatic rings. The Kier molecular flexibility index (Phi) is 7.21. The molecule has 96 valence electrons. The lowest BCUT2D eigenvalue weighted by Gasteiger charge is -2.15. The normalized spacial score (nSPS) is 11.6. The van der Waals surface area contributed by atoms with E-state index in [2.05, 4.69) is 33.4 Å². The van der Waals surface area contributed by atoms with E-state index in [0.29, 0.717) is 5.92 Å². The molecule has 0 spiro atoms. The van der Waals surface area contributed by atoms with Gasteiger partial charge in [0, 0.05) is 4.91 Å². The summed E-state index contributed by atoms with van der Waals surface area (Å²) in [5, 5.41) is 0. The van der Waals surface area contributed by atoms with Gasteiger partial charge in [-0.3, -0.25) is 4.79 Å². The van der Waals surface area contributed by atoms with E-state index < -0.39 is 0 Å². The molecule has 0 bridgehead atoms. The van der Waals surface area contributed by atoms with Crippen molar-refractivity contribution in [2.75, 3.05) is 0 Å². The number of carbonyl (C=O) groups excluding carboxylic acids is 1. The Bertz CT molecular complexity index is 355. The van der Waals surface area contributed by atoms with E-state index in [1.165, 1.54) is 0 Å². The zero-order valence-corrected chi connectivity index (χ0v) is 12.7. The van der Waals surface area contributed by atoms with Gasteiger partial charge in [-0.25, -0.2) is 0 Å². The first-order valence-electron chi connectivity index (χ1n) is 6.06. The number of hydrogen-bond acceptors (Lipinski definition) is 2. The van der Waals surface area contributed by atoms with Crippen molar-refractivity contribution in [3.8, 4) is 0 Å². The van der Waals surface area contributed by atoms with Crippen LogP contribution in [0.1, 0.15) is 48.0 Å². The summed E-state index contributed by atoms with van der Waals surface area (Å²) in [7, 11) is 0. The Morgan fingerprint density at radius 1 is 1.29 bits per heavy atom. The second kappa shape index (κ2) is 7.54. The minimum absolute atomic E-state index is 0.133. The zero-order valence-electron chi connectivity index (χ0n) is 11.9. The number of ketones is 1. The molecule has 0 fully saturated rings. The van der Waals surface area contributed by atoms with Gasteiger partial charge in [0.25, 0.3) is 0 Å². The van der Waals surface area contributed by atoms with Crippen molar-refractivity contribution in [3.05, 3.63) is 33.6 Å². The molecule has 0 saturated heterocycles. The van der Waals surface area contributed by atoms with Gasteiger partial charge in [0.05, 0.1) is 4.91 Å². The van der Waals surface area contributed by atoms with Crippen LogP contribution in [0, 0.1) is 5.92 Å². The summed E-state index contributed by atoms with van der Waals surface area (Å²) in [6.45, 7) is 16.1. The fourth-order valence-electron chi connectivity index (χ4n) is 1.34. The Morgan fingerprint density at radius 3 is 2.12 bits per heavy atom. The van der Waals surface area contributed by atoms with E-state index in [0.717, 1.165) is 27.4 Å². The Labute approximate surface area is 110 Å². The predicted molar refractivity (Wildman–Crippen MR) is 79.0 cm³/mol. The molecule has 0 amide bonds. The van der Waals surface area contributed by atoms with Gasteiger partial charge in [0.15, 0.2) is 5.78 Å². The van der Waals surface area contributed by atoms with Crippen LogP contribution in [0.5, 0.6) is 0 Å². The van der Waals surface area contributed by atoms with E-state index in [1.54, 1.807) is 18.7 Å². The molecule has 17 heavy (non-hydrogen) atoms. The van der Waals surface area contributed by atoms with E-state index in [4.69, 9.17) is 0 Å². The zero-order chi connectivity index (χ0) is 13.6. The third kappa shape index (κ3) is 5.40. The second-order valence-electron chi connectivity index (χ2n) is 4.64. The average Bonchev–Trinajstić information content (AvgIpc) is 2.21. The maximum atomic E-state index is 11.6. The van der Waals surface area contributed by atoms with Crippen molar-refractivity contribution in [2.24, 2.45) is 5.92 Å². The molecule has 0 radical (unpaired) electrons. The van der Waals surface area contributed by atoms with Crippen molar-refractivity contribution in [2.45, 2.75) is 48.0 Å². The SMILES string of the molecule is C=C(/C(=C/CC)SC(C(C)=O)=C(C)C)C(C)C. The molecule has 0 heterocycles. The van der Waals surface area contributed by atoms with E-state index in [-0.39, 0.29) is 5.78 Å². The molecule has 0 saturated carbocycles. The standard InChI is InChI=1S/C15H24OS/c1-8-9-14(12(6)10(2)3)17-15(11(4)5)13(7)16/h9-10H,6,8H2,1-5,7H3/b14-9-. The van der Waals surface area contributed by atoms with Gasteiger partial charge in [-0.2, -0.15) is 0 Å². The molecule has 0 N–H and O–H groups in total. The lowest BCUT2D eigenvalue weighted by molar-refractivity contribution is -0.113. The van der Waals surface area contributed by atoms with E-state index >= 15 is 0 Å². The number of rotatable bonds is 6. The van der Waals surface area contributed by atoms with Crippen molar-refractivity contribution >= 4 is 17.5 Å². The number of Topliss-reactive ketones (excluding diaryl/α,β-unsaturated/α-hetero) is 1. The summed E-state index contributed by atoms with van der Waals surface area (Å²) in [5.41, 5.74) is 2.18. The van der Waals surface area contributed by atoms with Crippen LogP contribution >= 0.6 is 11.8 Å². The summed E-state index contributed by atoms with van der Waals surface area (Å²) in [6, 6.07) is 0. The molecule has 0 atom stereocenters. The summed E-state index contributed by atoms with van der Waals surface area (Å²) in [5.74, 6) is 0.541. The van der Waals surface area contributed by atoms with Gasteiger partial charge < -0.3 is 0 Å². The number of carbonyl (C=O) groups is 1. The van der Waals surface area contributed by atoms with Crippen LogP contribution in [0.4, 0.5) is 0 Å². The number of thioether (sulfide) groups is 1. The van der Waals surface area contributed by atoms with Gasteiger partial charge in [0.2, 0.25) is 0 Å². The topological polar surface area (TPSA) is 17.1 Å². The molecule has 0 rings (SSSR count). The third-order valence-electron chi connectivity index (χ3n) is 2.39. The number of allylic oxidation sites excluding steroid dienone is 4. The van der Waals surface area contributed by atoms with Gasteiger partial charge >= 0.3 is 0 Å². The molecule has 2 heteroatoms. The monoisotopic (exact) mass is 252 g/mol. The highest BCUT2D eigenvalue weighted by Crippen LogP contribution is 2.35.